The summed E-state index contributed by atoms with van der Waals surface area (Å²) in [7, 11) is -16.8. The number of hydrogen-bond donors (Lipinski definition) is 5. The normalized spacial score (nSPS) is 20.1. The van der Waals surface area contributed by atoms with Gasteiger partial charge in [-0.15, -0.1) is 0 Å². The Morgan fingerprint density at radius 2 is 1.47 bits per heavy atom. The Morgan fingerprint density at radius 1 is 0.882 bits per heavy atom. The molecule has 6 rings (SSSR count). The number of alkyl halides is 1. The van der Waals surface area contributed by atoms with Crippen LogP contribution >= 0.6 is 35.0 Å². The van der Waals surface area contributed by atoms with Crippen LogP contribution in [0.4, 0.5) is 10.2 Å². The van der Waals surface area contributed by atoms with E-state index in [-0.39, 0.29) is 34.6 Å². The molecule has 26 heteroatoms. The highest BCUT2D eigenvalue weighted by atomic mass is 35.5. The summed E-state index contributed by atoms with van der Waals surface area (Å²) in [5.74, 6) is -1.23. The van der Waals surface area contributed by atoms with Gasteiger partial charge in [0.25, 0.3) is 0 Å². The molecule has 0 bridgehead atoms. The fourth-order valence-electron chi connectivity index (χ4n) is 6.59. The molecular weight excluding hydrogens is 972 g/mol. The lowest BCUT2D eigenvalue weighted by Gasteiger charge is -2.25. The number of halogens is 2. The average molecular weight is 1030 g/mol. The second kappa shape index (κ2) is 26.3. The van der Waals surface area contributed by atoms with E-state index in [2.05, 4.69) is 75.7 Å². The van der Waals surface area contributed by atoms with Crippen LogP contribution in [0.5, 0.6) is 5.75 Å². The van der Waals surface area contributed by atoms with Gasteiger partial charge in [-0.05, 0) is 74.8 Å². The zero-order chi connectivity index (χ0) is 50.2. The van der Waals surface area contributed by atoms with Crippen LogP contribution in [-0.4, -0.2) is 120 Å². The number of nitrogens with two attached hydrogens (primary N) is 1. The number of nitrogens with zero attached hydrogens (tertiary/aromatic N) is 6. The molecule has 1 aliphatic rings. The topological polar surface area (TPSA) is 272 Å². The smallest absolute Gasteiger partial charge is 0.460 e. The van der Waals surface area contributed by atoms with Gasteiger partial charge in [0.2, 0.25) is 5.28 Å². The van der Waals surface area contributed by atoms with Crippen molar-refractivity contribution in [2.45, 2.75) is 85.7 Å². The summed E-state index contributed by atoms with van der Waals surface area (Å²) in [6, 6.07) is 18.2. The first-order valence-corrected chi connectivity index (χ1v) is 26.7. The Morgan fingerprint density at radius 3 is 2.07 bits per heavy atom. The van der Waals surface area contributed by atoms with Gasteiger partial charge in [0.05, 0.1) is 12.9 Å². The predicted octanol–water partition coefficient (Wildman–Crippen LogP) is 7.67. The molecule has 3 unspecified atom stereocenters. The molecule has 8 atom stereocenters. The number of ether oxygens (including phenoxy) is 2. The zero-order valence-corrected chi connectivity index (χ0v) is 42.3. The quantitative estimate of drug-likeness (QED) is 0.0268. The first kappa shape index (κ1) is 56.6. The number of aliphatic hydroxyl groups excluding tert-OH is 1. The number of hydrogen-bond acceptors (Lipinski definition) is 17. The second-order valence-corrected chi connectivity index (χ2v) is 20.1. The Balaban J connectivity index is 0.000000626. The molecule has 0 saturated carbocycles. The average Bonchev–Trinajstić information content (AvgIpc) is 3.85. The second-order valence-electron chi connectivity index (χ2n) is 14.8. The maximum absolute atomic E-state index is 15.2. The van der Waals surface area contributed by atoms with Crippen molar-refractivity contribution in [3.05, 3.63) is 90.0 Å². The van der Waals surface area contributed by atoms with Crippen molar-refractivity contribution in [1.29, 1.82) is 0 Å². The van der Waals surface area contributed by atoms with E-state index in [0.717, 1.165) is 10.9 Å². The maximum Gasteiger partial charge on any atom is 0.490 e. The van der Waals surface area contributed by atoms with Crippen LogP contribution in [0.1, 0.15) is 60.3 Å². The molecule has 2 aromatic heterocycles. The van der Waals surface area contributed by atoms with Crippen LogP contribution in [-0.2, 0) is 47.7 Å². The van der Waals surface area contributed by atoms with Crippen LogP contribution in [0.15, 0.2) is 79.1 Å². The van der Waals surface area contributed by atoms with E-state index in [9.17, 15) is 33.4 Å². The highest BCUT2D eigenvalue weighted by molar-refractivity contribution is 7.68. The van der Waals surface area contributed by atoms with Gasteiger partial charge in [0.15, 0.2) is 23.9 Å². The molecule has 1 saturated heterocycles. The molecule has 5 aromatic rings. The van der Waals surface area contributed by atoms with Crippen molar-refractivity contribution in [3.63, 3.8) is 0 Å². The number of benzene rings is 3. The Labute approximate surface area is 399 Å². The number of anilines is 1. The summed E-state index contributed by atoms with van der Waals surface area (Å²) >= 11 is 5.86. The number of nitrogens with one attached hydrogen (secondary N) is 1. The van der Waals surface area contributed by atoms with Gasteiger partial charge >= 0.3 is 29.4 Å². The van der Waals surface area contributed by atoms with Crippen LogP contribution in [0.25, 0.3) is 21.9 Å². The number of rotatable bonds is 21. The van der Waals surface area contributed by atoms with Crippen molar-refractivity contribution in [3.8, 4) is 5.75 Å². The minimum Gasteiger partial charge on any atom is -0.460 e. The fourth-order valence-corrected chi connectivity index (χ4v) is 11.2. The fraction of sp³-hybridized carbons (Fsp3) is 0.476. The van der Waals surface area contributed by atoms with Gasteiger partial charge in [-0.1, -0.05) is 108 Å². The Kier molecular flexibility index (Phi) is 21.9. The lowest BCUT2D eigenvalue weighted by molar-refractivity contribution is -0.146. The number of phosphoric acid groups is 2. The summed E-state index contributed by atoms with van der Waals surface area (Å²) in [5.41, 5.74) is 6.41. The minimum atomic E-state index is -5.93. The number of carbonyl (C=O) groups excluding carboxylic acids is 1. The van der Waals surface area contributed by atoms with Gasteiger partial charge in [-0.25, -0.2) is 23.1 Å². The molecule has 6 N–H and O–H groups in total. The van der Waals surface area contributed by atoms with Crippen molar-refractivity contribution in [1.82, 2.24) is 34.4 Å². The van der Waals surface area contributed by atoms with Crippen LogP contribution in [0, 0.1) is 0 Å². The molecule has 3 heterocycles. The molecule has 0 amide bonds. The van der Waals surface area contributed by atoms with E-state index >= 15 is 4.39 Å². The highest BCUT2D eigenvalue weighted by Crippen LogP contribution is 2.68. The summed E-state index contributed by atoms with van der Waals surface area (Å²) in [4.78, 5) is 50.2. The van der Waals surface area contributed by atoms with Crippen molar-refractivity contribution < 1.29 is 64.9 Å². The van der Waals surface area contributed by atoms with E-state index in [4.69, 9.17) is 40.2 Å². The molecule has 3 aromatic carbocycles. The molecule has 0 spiro atoms. The molecule has 0 aliphatic carbocycles. The summed E-state index contributed by atoms with van der Waals surface area (Å²) in [5, 5.41) is 13.4. The number of aliphatic hydroxyl groups is 1. The summed E-state index contributed by atoms with van der Waals surface area (Å²) in [6.45, 7) is 20.2. The van der Waals surface area contributed by atoms with Gasteiger partial charge in [0, 0.05) is 5.39 Å². The van der Waals surface area contributed by atoms with Crippen LogP contribution in [0.2, 0.25) is 5.28 Å². The van der Waals surface area contributed by atoms with Crippen molar-refractivity contribution >= 4 is 68.7 Å². The molecule has 376 valence electrons. The molecule has 21 nitrogen and oxygen atoms in total. The van der Waals surface area contributed by atoms with E-state index in [1.807, 2.05) is 0 Å². The van der Waals surface area contributed by atoms with E-state index in [1.165, 1.54) is 58.3 Å². The number of imidazole rings is 1. The highest BCUT2D eigenvalue weighted by Gasteiger charge is 2.49. The number of nitrogen functional groups attached to an aromatic ring is 1. The number of phosphoric ester groups is 1. The van der Waals surface area contributed by atoms with Crippen molar-refractivity contribution in [2.75, 3.05) is 51.6 Å². The molecule has 1 aliphatic heterocycles. The molecular formula is C42H61ClFN8O13P3. The standard InChI is InChI=1S/C30H31ClFN6O13P3.2C6H15N/c1-17(29(40)46-14-18-8-3-2-4-9-18)37-52(41,49-21-13-7-11-19-10-5-6-12-20(19)21)50-54(44,45)51-53(42,43)47-15-22-25(39)23(32)28(48-22)38-16-34-24-26(33)35-30(31)36-27(24)38;2*1-4-7(5-2)6-3/h2-13,16-17,22-23,25,28,39H,14-15H2,1H3,(H,37,41)(H,42,43)(H,44,45)(H2,33,35,36);2*4-6H2,1-3H3/t17-,22+,23-,25+,28+,52?;;/m0../s1. The number of aromatic nitrogens is 4. The number of carbonyl (C=O) groups is 1. The molecule has 68 heavy (non-hydrogen) atoms. The van der Waals surface area contributed by atoms with Crippen LogP contribution < -0.4 is 15.3 Å². The van der Waals surface area contributed by atoms with E-state index in [1.54, 1.807) is 60.7 Å². The summed E-state index contributed by atoms with van der Waals surface area (Å²) < 4.78 is 86.8. The lowest BCUT2D eigenvalue weighted by atomic mass is 10.1. The first-order valence-electron chi connectivity index (χ1n) is 21.8. The van der Waals surface area contributed by atoms with Gasteiger partial charge in [0.1, 0.15) is 36.1 Å². The number of fused-ring (bicyclic) bond motifs is 2. The monoisotopic (exact) mass is 1030 g/mol. The van der Waals surface area contributed by atoms with Crippen molar-refractivity contribution in [2.24, 2.45) is 0 Å². The Bertz CT molecular complexity index is 2500. The van der Waals surface area contributed by atoms with Gasteiger partial charge in [-0.2, -0.15) is 23.7 Å². The third-order valence-electron chi connectivity index (χ3n) is 10.4. The maximum atomic E-state index is 15.2. The Hall–Kier alpha value is -3.95. The first-order chi connectivity index (χ1) is 32.2. The van der Waals surface area contributed by atoms with E-state index < -0.39 is 66.6 Å². The van der Waals surface area contributed by atoms with E-state index in [0.29, 0.717) is 16.3 Å². The zero-order valence-electron chi connectivity index (χ0n) is 38.8. The van der Waals surface area contributed by atoms with Crippen LogP contribution in [0.3, 0.4) is 0 Å². The molecule has 1 fully saturated rings. The SMILES string of the molecule is CCN(CC)CC.CCN(CC)CC.C[C@H](NP(=O)(Oc1cccc2ccccc12)OP(=O)(O)OP(=O)(O)OC[C@H]1O[C@@H](n2cnc3c(N)nc(Cl)nc32)[C@@H](F)[C@@H]1O)C(=O)OCc1ccccc1. The molecule has 0 radical (unpaired) electrons. The third kappa shape index (κ3) is 16.3. The van der Waals surface area contributed by atoms with Gasteiger partial charge < -0.3 is 44.4 Å². The largest absolute Gasteiger partial charge is 0.490 e. The number of esters is 1. The lowest BCUT2D eigenvalue weighted by Crippen LogP contribution is -2.34. The predicted molar refractivity (Wildman–Crippen MR) is 255 cm³/mol. The summed E-state index contributed by atoms with van der Waals surface area (Å²) in [6.07, 6.45) is -6.33. The third-order valence-corrected chi connectivity index (χ3v) is 15.5. The minimum absolute atomic E-state index is 0.0472. The van der Waals surface area contributed by atoms with Gasteiger partial charge in [-0.3, -0.25) is 13.9 Å².